The van der Waals surface area contributed by atoms with E-state index in [1.807, 2.05) is 18.2 Å². The van der Waals surface area contributed by atoms with Crippen LogP contribution in [0.25, 0.3) is 0 Å². The van der Waals surface area contributed by atoms with Gasteiger partial charge in [0.2, 0.25) is 5.95 Å². The van der Waals surface area contributed by atoms with Crippen LogP contribution in [0.5, 0.6) is 0 Å². The molecule has 0 fully saturated rings. The summed E-state index contributed by atoms with van der Waals surface area (Å²) in [6.45, 7) is 2.48. The molecule has 14 heteroatoms. The van der Waals surface area contributed by atoms with Gasteiger partial charge in [-0.2, -0.15) is 18.4 Å². The zero-order valence-electron chi connectivity index (χ0n) is 26.6. The van der Waals surface area contributed by atoms with Crippen molar-refractivity contribution < 1.29 is 37.1 Å². The smallest absolute Gasteiger partial charge is 0.416 e. The van der Waals surface area contributed by atoms with E-state index in [9.17, 15) is 28.0 Å². The van der Waals surface area contributed by atoms with Crippen molar-refractivity contribution in [3.05, 3.63) is 122 Å². The van der Waals surface area contributed by atoms with Crippen LogP contribution in [0.2, 0.25) is 0 Å². The number of carboxylic acid groups (broad SMARTS) is 1. The summed E-state index contributed by atoms with van der Waals surface area (Å²) in [6.07, 6.45) is -4.12. The molecular formula is C34H33F3N6O5. The molecular weight excluding hydrogens is 629 g/mol. The Morgan fingerprint density at radius 2 is 1.81 bits per heavy atom. The summed E-state index contributed by atoms with van der Waals surface area (Å²) in [5.74, 6) is -0.756. The molecule has 1 atom stereocenters. The normalized spacial score (nSPS) is 14.4. The summed E-state index contributed by atoms with van der Waals surface area (Å²) < 4.78 is 48.0. The number of methoxy groups -OCH3 is 1. The molecule has 1 aliphatic rings. The molecule has 48 heavy (non-hydrogen) atoms. The van der Waals surface area contributed by atoms with Gasteiger partial charge < -0.3 is 19.1 Å². The van der Waals surface area contributed by atoms with Crippen LogP contribution in [-0.2, 0) is 33.5 Å². The van der Waals surface area contributed by atoms with Gasteiger partial charge in [-0.3, -0.25) is 4.90 Å². The monoisotopic (exact) mass is 662 g/mol. The molecule has 0 aliphatic carbocycles. The van der Waals surface area contributed by atoms with Crippen molar-refractivity contribution in [3.63, 3.8) is 0 Å². The van der Waals surface area contributed by atoms with Gasteiger partial charge in [0, 0.05) is 29.8 Å². The van der Waals surface area contributed by atoms with E-state index in [1.54, 1.807) is 25.1 Å². The Hall–Kier alpha value is -5.68. The topological polar surface area (TPSA) is 144 Å². The maximum Gasteiger partial charge on any atom is 0.416 e. The predicted molar refractivity (Wildman–Crippen MR) is 167 cm³/mol. The van der Waals surface area contributed by atoms with Crippen LogP contribution in [0.4, 0.5) is 24.8 Å². The first-order valence-corrected chi connectivity index (χ1v) is 14.6. The maximum absolute atomic E-state index is 13.7. The Morgan fingerprint density at radius 1 is 1.12 bits per heavy atom. The molecule has 0 saturated heterocycles. The molecule has 11 nitrogen and oxygen atoms in total. The van der Waals surface area contributed by atoms with Crippen LogP contribution in [0.3, 0.4) is 0 Å². The van der Waals surface area contributed by atoms with Crippen molar-refractivity contribution in [2.75, 3.05) is 32.6 Å². The lowest BCUT2D eigenvalue weighted by molar-refractivity contribution is -0.903. The Morgan fingerprint density at radius 3 is 2.44 bits per heavy atom. The van der Waals surface area contributed by atoms with E-state index in [0.717, 1.165) is 29.8 Å². The van der Waals surface area contributed by atoms with Crippen LogP contribution < -0.4 is 15.7 Å². The Balaban J connectivity index is 0.00000167. The number of quaternary nitrogens is 1. The molecule has 1 aromatic heterocycles. The maximum atomic E-state index is 13.7. The number of nitriles is 1. The molecule has 250 valence electrons. The number of fused-ring (bicyclic) bond motifs is 1. The second-order valence-electron chi connectivity index (χ2n) is 11.7. The Labute approximate surface area is 274 Å². The summed E-state index contributed by atoms with van der Waals surface area (Å²) in [5.41, 5.74) is 1.66. The number of alkyl halides is 3. The third kappa shape index (κ3) is 7.48. The minimum Gasteiger partial charge on any atom is -0.554 e. The van der Waals surface area contributed by atoms with E-state index in [1.165, 1.54) is 28.7 Å². The van der Waals surface area contributed by atoms with Gasteiger partial charge in [0.15, 0.2) is 0 Å². The standard InChI is InChI=1S/C33H31F3N6O3.CH2O2/c1-21-28(30(43)45-4)29(41-31(38-39-32(41)44)40(21)26-12-8-11-25(18-26)33(34,35)36)27-14-13-23(19-37)17-24(27)15-16-42(2,3)20-22-9-6-5-7-10-22;2-1-3/h5-14,17-18,29H,15-16,20H2,1-4H3;1H,(H,2,3)/t29-;/m1./s1. The van der Waals surface area contributed by atoms with E-state index in [4.69, 9.17) is 14.6 Å². The van der Waals surface area contributed by atoms with Crippen molar-refractivity contribution >= 4 is 24.1 Å². The Kier molecular flexibility index (Phi) is 10.5. The number of hydrogen-bond acceptors (Lipinski definition) is 8. The highest BCUT2D eigenvalue weighted by atomic mass is 19.4. The molecule has 0 bridgehead atoms. The third-order valence-corrected chi connectivity index (χ3v) is 7.99. The number of halogens is 3. The second kappa shape index (κ2) is 14.4. The van der Waals surface area contributed by atoms with Gasteiger partial charge in [-0.15, -0.1) is 5.10 Å². The summed E-state index contributed by atoms with van der Waals surface area (Å²) in [6, 6.07) is 20.8. The lowest BCUT2D eigenvalue weighted by Crippen LogP contribution is -2.41. The van der Waals surface area contributed by atoms with Gasteiger partial charge in [-0.25, -0.2) is 19.3 Å². The number of H-pyrrole nitrogens is 1. The number of ether oxygens (including phenoxy) is 1. The Bertz CT molecular complexity index is 1930. The molecule has 3 aromatic carbocycles. The molecule has 4 aromatic rings. The molecule has 0 radical (unpaired) electrons. The van der Waals surface area contributed by atoms with Crippen molar-refractivity contribution in [1.82, 2.24) is 14.8 Å². The van der Waals surface area contributed by atoms with E-state index in [-0.39, 0.29) is 22.9 Å². The fraction of sp³-hybridized carbons (Fsp3) is 0.265. The highest BCUT2D eigenvalue weighted by Crippen LogP contribution is 2.43. The fourth-order valence-electron chi connectivity index (χ4n) is 5.82. The van der Waals surface area contributed by atoms with E-state index in [0.29, 0.717) is 28.6 Å². The average Bonchev–Trinajstić information content (AvgIpc) is 3.43. The SMILES string of the molecule is COC(=O)C1=C(C)N(c2cccc(C(F)(F)F)c2)c2n[nH]c(=O)n2[C@@H]1c1ccc(C#N)cc1CC[N+](C)(C)Cc1ccccc1.O=C[O-]. The van der Waals surface area contributed by atoms with Crippen LogP contribution in [0.15, 0.2) is 88.9 Å². The number of benzene rings is 3. The number of likely N-dealkylation sites (N-methyl/N-ethyl adjacent to an activating group) is 1. The fourth-order valence-corrected chi connectivity index (χ4v) is 5.82. The summed E-state index contributed by atoms with van der Waals surface area (Å²) >= 11 is 0. The number of nitrogens with zero attached hydrogens (tertiary/aromatic N) is 5. The average molecular weight is 663 g/mol. The van der Waals surface area contributed by atoms with Crippen molar-refractivity contribution in [2.45, 2.75) is 32.1 Å². The first kappa shape index (κ1) is 35.2. The number of aromatic nitrogens is 3. The highest BCUT2D eigenvalue weighted by molar-refractivity contribution is 5.93. The van der Waals surface area contributed by atoms with Gasteiger partial charge in [0.05, 0.1) is 50.5 Å². The highest BCUT2D eigenvalue weighted by Gasteiger charge is 2.41. The minimum absolute atomic E-state index is 0.00461. The first-order valence-electron chi connectivity index (χ1n) is 14.6. The van der Waals surface area contributed by atoms with Gasteiger partial charge in [-0.1, -0.05) is 42.5 Å². The van der Waals surface area contributed by atoms with Crippen LogP contribution in [0.1, 0.15) is 40.8 Å². The zero-order valence-corrected chi connectivity index (χ0v) is 26.6. The molecule has 1 N–H and O–H groups in total. The number of anilines is 2. The zero-order chi connectivity index (χ0) is 35.2. The molecule has 0 amide bonds. The molecule has 2 heterocycles. The largest absolute Gasteiger partial charge is 0.554 e. The number of carbonyl (C=O) groups is 2. The van der Waals surface area contributed by atoms with E-state index in [2.05, 4.69) is 42.5 Å². The molecule has 1 aliphatic heterocycles. The molecule has 0 unspecified atom stereocenters. The second-order valence-corrected chi connectivity index (χ2v) is 11.7. The molecule has 0 spiro atoms. The summed E-state index contributed by atoms with van der Waals surface area (Å²) in [7, 11) is 5.39. The molecule has 0 saturated carbocycles. The van der Waals surface area contributed by atoms with E-state index >= 15 is 0 Å². The van der Waals surface area contributed by atoms with Crippen LogP contribution in [-0.4, -0.2) is 59.4 Å². The number of hydrogen-bond donors (Lipinski definition) is 1. The number of esters is 1. The third-order valence-electron chi connectivity index (χ3n) is 7.99. The lowest BCUT2D eigenvalue weighted by atomic mass is 9.89. The first-order chi connectivity index (χ1) is 22.8. The van der Waals surface area contributed by atoms with Crippen molar-refractivity contribution in [1.29, 1.82) is 5.26 Å². The molecule has 5 rings (SSSR count). The predicted octanol–water partition coefficient (Wildman–Crippen LogP) is 3.84. The van der Waals surface area contributed by atoms with Gasteiger partial charge in [0.1, 0.15) is 12.6 Å². The summed E-state index contributed by atoms with van der Waals surface area (Å²) in [4.78, 5) is 36.4. The van der Waals surface area contributed by atoms with Gasteiger partial charge in [-0.05, 0) is 48.4 Å². The number of carbonyl (C=O) groups excluding carboxylic acids is 2. The number of allylic oxidation sites excluding steroid dienone is 1. The van der Waals surface area contributed by atoms with Gasteiger partial charge in [0.25, 0.3) is 0 Å². The minimum atomic E-state index is -4.62. The summed E-state index contributed by atoms with van der Waals surface area (Å²) in [5, 5.41) is 24.6. The number of nitrogens with one attached hydrogen (secondary N) is 1. The van der Waals surface area contributed by atoms with Gasteiger partial charge >= 0.3 is 17.8 Å². The van der Waals surface area contributed by atoms with Crippen LogP contribution >= 0.6 is 0 Å². The van der Waals surface area contributed by atoms with Crippen molar-refractivity contribution in [3.8, 4) is 6.07 Å². The number of rotatable bonds is 8. The van der Waals surface area contributed by atoms with E-state index < -0.39 is 35.9 Å². The lowest BCUT2D eigenvalue weighted by Gasteiger charge is -2.36. The number of aromatic amines is 1. The quantitative estimate of drug-likeness (QED) is 0.170. The van der Waals surface area contributed by atoms with Crippen molar-refractivity contribution in [2.24, 2.45) is 0 Å². The van der Waals surface area contributed by atoms with Crippen LogP contribution in [0, 0.1) is 11.3 Å².